The van der Waals surface area contributed by atoms with Crippen LogP contribution in [0.4, 0.5) is 5.69 Å². The van der Waals surface area contributed by atoms with Gasteiger partial charge in [0.1, 0.15) is 5.75 Å². The Balaban J connectivity index is 1.89. The number of anilines is 1. The van der Waals surface area contributed by atoms with Crippen LogP contribution in [0.1, 0.15) is 17.2 Å². The van der Waals surface area contributed by atoms with E-state index in [9.17, 15) is 9.90 Å². The average molecular weight is 365 g/mol. The second-order valence-electron chi connectivity index (χ2n) is 5.95. The van der Waals surface area contributed by atoms with Crippen LogP contribution >= 0.6 is 0 Å². The Morgan fingerprint density at radius 1 is 1.07 bits per heavy atom. The molecule has 0 saturated carbocycles. The number of aliphatic carboxylic acids is 1. The quantitative estimate of drug-likeness (QED) is 0.231. The number of hydrogen-bond acceptors (Lipinski definition) is 5. The van der Waals surface area contributed by atoms with Gasteiger partial charge in [0.15, 0.2) is 11.9 Å². The Bertz CT molecular complexity index is 1000. The van der Waals surface area contributed by atoms with Gasteiger partial charge in [0.2, 0.25) is 0 Å². The Morgan fingerprint density at radius 2 is 1.74 bits per heavy atom. The van der Waals surface area contributed by atoms with Gasteiger partial charge in [0.05, 0.1) is 7.11 Å². The summed E-state index contributed by atoms with van der Waals surface area (Å²) in [5, 5.41) is 26.2. The molecule has 3 rings (SSSR count). The van der Waals surface area contributed by atoms with Crippen LogP contribution < -0.4 is 15.8 Å². The van der Waals surface area contributed by atoms with E-state index in [4.69, 9.17) is 15.7 Å². The topological polar surface area (TPSA) is 117 Å². The highest BCUT2D eigenvalue weighted by molar-refractivity contribution is 5.97. The van der Waals surface area contributed by atoms with Gasteiger partial charge < -0.3 is 26.1 Å². The number of rotatable bonds is 6. The summed E-state index contributed by atoms with van der Waals surface area (Å²) in [6.45, 7) is 0. The number of carboxylic acids is 1. The average Bonchev–Trinajstić information content (AvgIpc) is 2.70. The number of amidine groups is 1. The summed E-state index contributed by atoms with van der Waals surface area (Å²) < 4.78 is 5.21. The van der Waals surface area contributed by atoms with Crippen molar-refractivity contribution in [3.8, 4) is 5.75 Å². The number of methoxy groups -OCH3 is 1. The fourth-order valence-electron chi connectivity index (χ4n) is 2.80. The molecule has 0 spiro atoms. The van der Waals surface area contributed by atoms with Crippen LogP contribution in [0.25, 0.3) is 10.8 Å². The normalized spacial score (nSPS) is 12.6. The zero-order chi connectivity index (χ0) is 19.4. The van der Waals surface area contributed by atoms with Crippen molar-refractivity contribution in [2.45, 2.75) is 6.04 Å². The number of nitrogens with one attached hydrogen (secondary N) is 1. The fourth-order valence-corrected chi connectivity index (χ4v) is 2.80. The first kappa shape index (κ1) is 18.1. The van der Waals surface area contributed by atoms with E-state index in [0.717, 1.165) is 16.5 Å². The van der Waals surface area contributed by atoms with Crippen molar-refractivity contribution in [1.82, 2.24) is 0 Å². The molecule has 0 saturated heterocycles. The van der Waals surface area contributed by atoms with Crippen LogP contribution in [-0.2, 0) is 4.79 Å². The van der Waals surface area contributed by atoms with E-state index in [1.165, 1.54) is 0 Å². The van der Waals surface area contributed by atoms with Gasteiger partial charge in [-0.05, 0) is 58.8 Å². The number of fused-ring (bicyclic) bond motifs is 1. The van der Waals surface area contributed by atoms with Crippen LogP contribution in [0.5, 0.6) is 5.75 Å². The SMILES string of the molecule is COc1ccc2cc(C(Nc3ccc(/C(N)=N/O)cc3)C(=O)O)ccc2c1. The number of ether oxygens (including phenoxy) is 1. The van der Waals surface area contributed by atoms with Crippen molar-refractivity contribution >= 4 is 28.3 Å². The standard InChI is InChI=1S/C20H19N3O4/c1-27-17-9-6-13-10-15(3-2-14(13)11-17)18(20(24)25)22-16-7-4-12(5-8-16)19(21)23-26/h2-11,18,22,26H,1H3,(H2,21,23)(H,24,25). The molecular weight excluding hydrogens is 346 g/mol. The van der Waals surface area contributed by atoms with Gasteiger partial charge in [-0.25, -0.2) is 4.79 Å². The highest BCUT2D eigenvalue weighted by atomic mass is 16.5. The molecule has 0 aliphatic carbocycles. The molecule has 1 unspecified atom stereocenters. The maximum absolute atomic E-state index is 11.8. The van der Waals surface area contributed by atoms with Crippen molar-refractivity contribution in [2.24, 2.45) is 10.9 Å². The van der Waals surface area contributed by atoms with Crippen molar-refractivity contribution in [2.75, 3.05) is 12.4 Å². The largest absolute Gasteiger partial charge is 0.497 e. The Labute approximate surface area is 155 Å². The predicted octanol–water partition coefficient (Wildman–Crippen LogP) is 3.18. The summed E-state index contributed by atoms with van der Waals surface area (Å²) >= 11 is 0. The van der Waals surface area contributed by atoms with E-state index < -0.39 is 12.0 Å². The number of carboxylic acid groups (broad SMARTS) is 1. The Hall–Kier alpha value is -3.74. The molecule has 0 aromatic heterocycles. The lowest BCUT2D eigenvalue weighted by Crippen LogP contribution is -2.20. The summed E-state index contributed by atoms with van der Waals surface area (Å²) in [5.74, 6) is -0.265. The Kier molecular flexibility index (Phi) is 5.12. The lowest BCUT2D eigenvalue weighted by Gasteiger charge is -2.17. The fraction of sp³-hybridized carbons (Fsp3) is 0.100. The maximum Gasteiger partial charge on any atom is 0.330 e. The first-order valence-electron chi connectivity index (χ1n) is 8.17. The van der Waals surface area contributed by atoms with Crippen LogP contribution in [0.15, 0.2) is 65.8 Å². The molecular formula is C20H19N3O4. The van der Waals surface area contributed by atoms with Crippen LogP contribution in [0.2, 0.25) is 0 Å². The molecule has 5 N–H and O–H groups in total. The molecule has 3 aromatic rings. The highest BCUT2D eigenvalue weighted by Gasteiger charge is 2.20. The highest BCUT2D eigenvalue weighted by Crippen LogP contribution is 2.26. The third-order valence-electron chi connectivity index (χ3n) is 4.25. The molecule has 0 bridgehead atoms. The van der Waals surface area contributed by atoms with Gasteiger partial charge in [-0.3, -0.25) is 0 Å². The van der Waals surface area contributed by atoms with Crippen LogP contribution in [0, 0.1) is 0 Å². The molecule has 0 fully saturated rings. The van der Waals surface area contributed by atoms with Gasteiger partial charge in [0, 0.05) is 11.3 Å². The molecule has 0 radical (unpaired) electrons. The lowest BCUT2D eigenvalue weighted by atomic mass is 10.0. The predicted molar refractivity (Wildman–Crippen MR) is 103 cm³/mol. The number of hydrogen-bond donors (Lipinski definition) is 4. The van der Waals surface area contributed by atoms with Crippen molar-refractivity contribution in [3.05, 3.63) is 71.8 Å². The van der Waals surface area contributed by atoms with Gasteiger partial charge in [-0.2, -0.15) is 0 Å². The number of carbonyl (C=O) groups is 1. The maximum atomic E-state index is 11.8. The van der Waals surface area contributed by atoms with Gasteiger partial charge in [0.25, 0.3) is 0 Å². The summed E-state index contributed by atoms with van der Waals surface area (Å²) in [4.78, 5) is 11.8. The molecule has 0 aliphatic rings. The molecule has 1 atom stereocenters. The molecule has 3 aromatic carbocycles. The van der Waals surface area contributed by atoms with Crippen LogP contribution in [0.3, 0.4) is 0 Å². The molecule has 0 amide bonds. The molecule has 27 heavy (non-hydrogen) atoms. The summed E-state index contributed by atoms with van der Waals surface area (Å²) in [7, 11) is 1.60. The second kappa shape index (κ2) is 7.65. The van der Waals surface area contributed by atoms with Gasteiger partial charge in [-0.15, -0.1) is 0 Å². The zero-order valence-corrected chi connectivity index (χ0v) is 14.6. The van der Waals surface area contributed by atoms with E-state index in [0.29, 0.717) is 16.8 Å². The monoisotopic (exact) mass is 365 g/mol. The summed E-state index contributed by atoms with van der Waals surface area (Å²) in [5.41, 5.74) is 7.30. The molecule has 7 nitrogen and oxygen atoms in total. The van der Waals surface area contributed by atoms with E-state index in [1.54, 1.807) is 37.4 Å². The summed E-state index contributed by atoms with van der Waals surface area (Å²) in [6.07, 6.45) is 0. The molecule has 0 aliphatic heterocycles. The smallest absolute Gasteiger partial charge is 0.330 e. The first-order valence-corrected chi connectivity index (χ1v) is 8.17. The van der Waals surface area contributed by atoms with Gasteiger partial charge in [-0.1, -0.05) is 23.4 Å². The minimum absolute atomic E-state index is 0.0127. The summed E-state index contributed by atoms with van der Waals surface area (Å²) in [6, 6.07) is 16.8. The van der Waals surface area contributed by atoms with E-state index in [-0.39, 0.29) is 5.84 Å². The van der Waals surface area contributed by atoms with E-state index >= 15 is 0 Å². The first-order chi connectivity index (χ1) is 13.0. The number of benzene rings is 3. The number of oxime groups is 1. The third kappa shape index (κ3) is 3.92. The van der Waals surface area contributed by atoms with E-state index in [1.807, 2.05) is 30.3 Å². The van der Waals surface area contributed by atoms with E-state index in [2.05, 4.69) is 10.5 Å². The third-order valence-corrected chi connectivity index (χ3v) is 4.25. The second-order valence-corrected chi connectivity index (χ2v) is 5.95. The van der Waals surface area contributed by atoms with Crippen molar-refractivity contribution in [1.29, 1.82) is 0 Å². The number of nitrogens with two attached hydrogens (primary N) is 1. The van der Waals surface area contributed by atoms with Crippen LogP contribution in [-0.4, -0.2) is 29.2 Å². The van der Waals surface area contributed by atoms with Crippen molar-refractivity contribution in [3.63, 3.8) is 0 Å². The van der Waals surface area contributed by atoms with Crippen molar-refractivity contribution < 1.29 is 19.8 Å². The molecule has 7 heteroatoms. The minimum atomic E-state index is -0.997. The lowest BCUT2D eigenvalue weighted by molar-refractivity contribution is -0.138. The molecule has 138 valence electrons. The van der Waals surface area contributed by atoms with Gasteiger partial charge >= 0.3 is 5.97 Å². The number of nitrogens with zero attached hydrogens (tertiary/aromatic N) is 1. The minimum Gasteiger partial charge on any atom is -0.497 e. The molecule has 0 heterocycles. The Morgan fingerprint density at radius 3 is 2.37 bits per heavy atom. The zero-order valence-electron chi connectivity index (χ0n) is 14.6.